The van der Waals surface area contributed by atoms with Gasteiger partial charge in [0.05, 0.1) is 18.8 Å². The van der Waals surface area contributed by atoms with Gasteiger partial charge in [-0.3, -0.25) is 4.90 Å². The van der Waals surface area contributed by atoms with Crippen LogP contribution in [0.5, 0.6) is 5.75 Å². The molecule has 5 heteroatoms. The molecule has 0 aromatic heterocycles. The Bertz CT molecular complexity index is 738. The molecule has 2 unspecified atom stereocenters. The Kier molecular flexibility index (Phi) is 6.54. The minimum absolute atomic E-state index is 0.0832. The normalized spacial score (nSPS) is 26.0. The summed E-state index contributed by atoms with van der Waals surface area (Å²) in [5.74, 6) is 7.09. The highest BCUT2D eigenvalue weighted by molar-refractivity contribution is 5.71. The molecule has 0 radical (unpaired) electrons. The SMILES string of the molecule is C=CCc1cc(C#CC2C(O)C3CCN2CC3)ccc1OCC(=O)OCC. The highest BCUT2D eigenvalue weighted by Gasteiger charge is 2.40. The third-order valence-corrected chi connectivity index (χ3v) is 5.21. The maximum Gasteiger partial charge on any atom is 0.344 e. The second kappa shape index (κ2) is 9.07. The monoisotopic (exact) mass is 369 g/mol. The number of aliphatic hydroxyl groups is 1. The van der Waals surface area contributed by atoms with E-state index in [9.17, 15) is 9.90 Å². The summed E-state index contributed by atoms with van der Waals surface area (Å²) < 4.78 is 10.5. The average molecular weight is 369 g/mol. The van der Waals surface area contributed by atoms with Gasteiger partial charge in [0.2, 0.25) is 0 Å². The second-order valence-corrected chi connectivity index (χ2v) is 6.99. The highest BCUT2D eigenvalue weighted by Crippen LogP contribution is 2.32. The Balaban J connectivity index is 1.72. The highest BCUT2D eigenvalue weighted by atomic mass is 16.6. The number of ether oxygens (including phenoxy) is 2. The Morgan fingerprint density at radius 3 is 2.85 bits per heavy atom. The fourth-order valence-electron chi connectivity index (χ4n) is 3.80. The van der Waals surface area contributed by atoms with E-state index in [-0.39, 0.29) is 24.7 Å². The van der Waals surface area contributed by atoms with Crippen LogP contribution in [0, 0.1) is 17.8 Å². The minimum Gasteiger partial charge on any atom is -0.482 e. The summed E-state index contributed by atoms with van der Waals surface area (Å²) in [5.41, 5.74) is 1.79. The lowest BCUT2D eigenvalue weighted by Crippen LogP contribution is -2.57. The lowest BCUT2D eigenvalue weighted by Gasteiger charge is -2.46. The predicted molar refractivity (Wildman–Crippen MR) is 103 cm³/mol. The lowest BCUT2D eigenvalue weighted by molar-refractivity contribution is -0.145. The maximum atomic E-state index is 11.5. The molecule has 0 saturated carbocycles. The summed E-state index contributed by atoms with van der Waals surface area (Å²) in [5, 5.41) is 10.5. The third-order valence-electron chi connectivity index (χ3n) is 5.21. The number of aliphatic hydroxyl groups excluding tert-OH is 1. The number of rotatable bonds is 6. The van der Waals surface area contributed by atoms with E-state index in [0.717, 1.165) is 37.1 Å². The van der Waals surface area contributed by atoms with E-state index in [0.29, 0.717) is 24.7 Å². The summed E-state index contributed by atoms with van der Waals surface area (Å²) >= 11 is 0. The number of esters is 1. The van der Waals surface area contributed by atoms with Crippen LogP contribution in [0.4, 0.5) is 0 Å². The molecule has 1 N–H and O–H groups in total. The van der Waals surface area contributed by atoms with Gasteiger partial charge in [0.25, 0.3) is 0 Å². The molecule has 3 aliphatic heterocycles. The van der Waals surface area contributed by atoms with E-state index in [1.807, 2.05) is 18.2 Å². The van der Waals surface area contributed by atoms with Crippen LogP contribution < -0.4 is 4.74 Å². The number of carbonyl (C=O) groups is 1. The van der Waals surface area contributed by atoms with E-state index >= 15 is 0 Å². The van der Waals surface area contributed by atoms with Gasteiger partial charge in [-0.2, -0.15) is 0 Å². The largest absolute Gasteiger partial charge is 0.482 e. The van der Waals surface area contributed by atoms with Gasteiger partial charge in [-0.05, 0) is 69.0 Å². The molecule has 3 aliphatic rings. The molecule has 1 aromatic rings. The van der Waals surface area contributed by atoms with Crippen molar-refractivity contribution in [2.24, 2.45) is 5.92 Å². The number of benzene rings is 1. The van der Waals surface area contributed by atoms with Crippen molar-refractivity contribution in [1.29, 1.82) is 0 Å². The second-order valence-electron chi connectivity index (χ2n) is 6.99. The summed E-state index contributed by atoms with van der Waals surface area (Å²) in [6, 6.07) is 5.58. The van der Waals surface area contributed by atoms with E-state index in [4.69, 9.17) is 9.47 Å². The molecular formula is C22H27NO4. The van der Waals surface area contributed by atoms with Crippen LogP contribution in [0.25, 0.3) is 0 Å². The zero-order valence-corrected chi connectivity index (χ0v) is 15.8. The molecule has 0 amide bonds. The Labute approximate surface area is 161 Å². The van der Waals surface area contributed by atoms with Gasteiger partial charge >= 0.3 is 5.97 Å². The molecule has 1 aromatic carbocycles. The van der Waals surface area contributed by atoms with Crippen LogP contribution in [-0.2, 0) is 16.0 Å². The number of allylic oxidation sites excluding steroid dienone is 1. The number of carbonyl (C=O) groups excluding carboxylic acids is 1. The van der Waals surface area contributed by atoms with Crippen LogP contribution >= 0.6 is 0 Å². The Morgan fingerprint density at radius 1 is 1.41 bits per heavy atom. The van der Waals surface area contributed by atoms with Crippen LogP contribution in [0.3, 0.4) is 0 Å². The zero-order valence-electron chi connectivity index (χ0n) is 15.8. The van der Waals surface area contributed by atoms with E-state index in [1.54, 1.807) is 13.0 Å². The van der Waals surface area contributed by atoms with Gasteiger partial charge < -0.3 is 14.6 Å². The molecule has 2 bridgehead atoms. The van der Waals surface area contributed by atoms with Gasteiger partial charge in [-0.15, -0.1) is 6.58 Å². The number of nitrogens with zero attached hydrogens (tertiary/aromatic N) is 1. The maximum absolute atomic E-state index is 11.5. The van der Waals surface area contributed by atoms with Crippen molar-refractivity contribution >= 4 is 5.97 Å². The molecule has 27 heavy (non-hydrogen) atoms. The third kappa shape index (κ3) is 4.71. The molecular weight excluding hydrogens is 342 g/mol. The molecule has 0 aliphatic carbocycles. The van der Waals surface area contributed by atoms with Gasteiger partial charge in [-0.1, -0.05) is 17.9 Å². The number of hydrogen-bond donors (Lipinski definition) is 1. The summed E-state index contributed by atoms with van der Waals surface area (Å²) in [6.07, 6.45) is 4.18. The molecule has 2 atom stereocenters. The first-order chi connectivity index (χ1) is 13.1. The topological polar surface area (TPSA) is 59.0 Å². The smallest absolute Gasteiger partial charge is 0.344 e. The van der Waals surface area contributed by atoms with Crippen molar-refractivity contribution in [3.63, 3.8) is 0 Å². The lowest BCUT2D eigenvalue weighted by atomic mass is 9.81. The molecule has 3 heterocycles. The number of fused-ring (bicyclic) bond motifs is 3. The van der Waals surface area contributed by atoms with Crippen molar-refractivity contribution in [1.82, 2.24) is 4.90 Å². The minimum atomic E-state index is -0.388. The summed E-state index contributed by atoms with van der Waals surface area (Å²) in [6.45, 7) is 7.80. The molecule has 5 nitrogen and oxygen atoms in total. The number of hydrogen-bond acceptors (Lipinski definition) is 5. The van der Waals surface area contributed by atoms with Crippen LogP contribution in [0.1, 0.15) is 30.9 Å². The predicted octanol–water partition coefficient (Wildman–Crippen LogP) is 2.16. The van der Waals surface area contributed by atoms with Gasteiger partial charge in [0, 0.05) is 5.56 Å². The molecule has 144 valence electrons. The molecule has 0 spiro atoms. The van der Waals surface area contributed by atoms with Crippen molar-refractivity contribution in [2.45, 2.75) is 38.3 Å². The van der Waals surface area contributed by atoms with E-state index in [1.165, 1.54) is 0 Å². The van der Waals surface area contributed by atoms with Crippen molar-refractivity contribution in [3.05, 3.63) is 42.0 Å². The fraction of sp³-hybridized carbons (Fsp3) is 0.500. The first kappa shape index (κ1) is 19.5. The van der Waals surface area contributed by atoms with Crippen LogP contribution in [-0.4, -0.2) is 54.4 Å². The quantitative estimate of drug-likeness (QED) is 0.473. The Morgan fingerprint density at radius 2 is 2.19 bits per heavy atom. The Hall–Kier alpha value is -2.29. The van der Waals surface area contributed by atoms with Crippen LogP contribution in [0.2, 0.25) is 0 Å². The first-order valence-corrected chi connectivity index (χ1v) is 9.58. The van der Waals surface area contributed by atoms with Gasteiger partial charge in [-0.25, -0.2) is 4.79 Å². The van der Waals surface area contributed by atoms with E-state index < -0.39 is 0 Å². The standard InChI is InChI=1S/C22H27NO4/c1-3-5-18-14-16(7-9-20(18)27-15-21(24)26-4-2)6-8-19-22(25)17-10-12-23(19)13-11-17/h3,7,9,14,17,19,22,25H,1,4-5,10-13,15H2,2H3. The molecule has 4 rings (SSSR count). The molecule has 3 saturated heterocycles. The average Bonchev–Trinajstić information content (AvgIpc) is 2.68. The van der Waals surface area contributed by atoms with Crippen LogP contribution in [0.15, 0.2) is 30.9 Å². The van der Waals surface area contributed by atoms with Gasteiger partial charge in [0.15, 0.2) is 6.61 Å². The summed E-state index contributed by atoms with van der Waals surface area (Å²) in [4.78, 5) is 13.8. The first-order valence-electron chi connectivity index (χ1n) is 9.58. The zero-order chi connectivity index (χ0) is 19.2. The van der Waals surface area contributed by atoms with Crippen molar-refractivity contribution < 1.29 is 19.4 Å². The fourth-order valence-corrected chi connectivity index (χ4v) is 3.80. The van der Waals surface area contributed by atoms with Crippen molar-refractivity contribution in [2.75, 3.05) is 26.3 Å². The van der Waals surface area contributed by atoms with E-state index in [2.05, 4.69) is 23.3 Å². The van der Waals surface area contributed by atoms with Crippen molar-refractivity contribution in [3.8, 4) is 17.6 Å². The van der Waals surface area contributed by atoms with Gasteiger partial charge in [0.1, 0.15) is 5.75 Å². The number of piperidine rings is 3. The molecule has 3 fully saturated rings. The summed E-state index contributed by atoms with van der Waals surface area (Å²) in [7, 11) is 0.